The number of hydrogen-bond donors (Lipinski definition) is 1. The van der Waals surface area contributed by atoms with Crippen LogP contribution < -0.4 is 9.57 Å². The monoisotopic (exact) mass is 380 g/mol. The van der Waals surface area contributed by atoms with Crippen LogP contribution in [0.2, 0.25) is 5.02 Å². The molecule has 0 radical (unpaired) electrons. The molecule has 0 unspecified atom stereocenters. The highest BCUT2D eigenvalue weighted by molar-refractivity contribution is 7.89. The van der Waals surface area contributed by atoms with Gasteiger partial charge in [-0.25, -0.2) is 4.83 Å². The minimum atomic E-state index is -3.71. The maximum atomic E-state index is 12.3. The SMILES string of the molecule is CCCOc1ccc(/C=N/NS(=O)(=O)c2ccc(C)cc2C)cc1Cl. The molecule has 0 aliphatic rings. The van der Waals surface area contributed by atoms with E-state index in [4.69, 9.17) is 16.3 Å². The molecule has 0 aliphatic heterocycles. The van der Waals surface area contributed by atoms with E-state index in [1.807, 2.05) is 19.9 Å². The van der Waals surface area contributed by atoms with Crippen molar-refractivity contribution in [3.05, 3.63) is 58.1 Å². The van der Waals surface area contributed by atoms with Crippen molar-refractivity contribution in [2.24, 2.45) is 5.10 Å². The van der Waals surface area contributed by atoms with Crippen molar-refractivity contribution in [2.45, 2.75) is 32.1 Å². The zero-order valence-corrected chi connectivity index (χ0v) is 16.0. The van der Waals surface area contributed by atoms with Gasteiger partial charge in [-0.05, 0) is 55.7 Å². The van der Waals surface area contributed by atoms with E-state index < -0.39 is 10.0 Å². The minimum Gasteiger partial charge on any atom is -0.492 e. The van der Waals surface area contributed by atoms with Gasteiger partial charge >= 0.3 is 0 Å². The molecule has 0 aromatic heterocycles. The Kier molecular flexibility index (Phi) is 6.45. The van der Waals surface area contributed by atoms with Gasteiger partial charge in [-0.1, -0.05) is 36.2 Å². The van der Waals surface area contributed by atoms with E-state index in [0.717, 1.165) is 12.0 Å². The standard InChI is InChI=1S/C18H21ClN2O3S/c1-4-9-24-17-7-6-15(11-16(17)19)12-20-21-25(22,23)18-8-5-13(2)10-14(18)3/h5-8,10-12,21H,4,9H2,1-3H3/b20-12+. The van der Waals surface area contributed by atoms with E-state index in [-0.39, 0.29) is 4.90 Å². The van der Waals surface area contributed by atoms with Gasteiger partial charge in [-0.15, -0.1) is 0 Å². The molecule has 2 aromatic rings. The van der Waals surface area contributed by atoms with E-state index in [9.17, 15) is 8.42 Å². The maximum Gasteiger partial charge on any atom is 0.276 e. The van der Waals surface area contributed by atoms with Gasteiger partial charge in [0.25, 0.3) is 10.0 Å². The minimum absolute atomic E-state index is 0.205. The van der Waals surface area contributed by atoms with Crippen molar-refractivity contribution < 1.29 is 13.2 Å². The van der Waals surface area contributed by atoms with Crippen LogP contribution in [0.5, 0.6) is 5.75 Å². The van der Waals surface area contributed by atoms with Crippen molar-refractivity contribution in [3.8, 4) is 5.75 Å². The smallest absolute Gasteiger partial charge is 0.276 e. The zero-order valence-electron chi connectivity index (χ0n) is 14.4. The molecule has 0 amide bonds. The Morgan fingerprint density at radius 1 is 1.20 bits per heavy atom. The molecule has 2 rings (SSSR count). The molecule has 0 spiro atoms. The molecule has 0 saturated heterocycles. The number of hydrogen-bond acceptors (Lipinski definition) is 4. The number of nitrogens with one attached hydrogen (secondary N) is 1. The summed E-state index contributed by atoms with van der Waals surface area (Å²) in [5.41, 5.74) is 2.33. The quantitative estimate of drug-likeness (QED) is 0.581. The first-order valence-corrected chi connectivity index (χ1v) is 9.74. The number of ether oxygens (including phenoxy) is 1. The second kappa shape index (κ2) is 8.36. The highest BCUT2D eigenvalue weighted by Gasteiger charge is 2.15. The van der Waals surface area contributed by atoms with E-state index in [1.54, 1.807) is 37.3 Å². The summed E-state index contributed by atoms with van der Waals surface area (Å²) in [6, 6.07) is 10.3. The van der Waals surface area contributed by atoms with Gasteiger partial charge in [-0.3, -0.25) is 0 Å². The number of nitrogens with zero attached hydrogens (tertiary/aromatic N) is 1. The van der Waals surface area contributed by atoms with Crippen molar-refractivity contribution in [2.75, 3.05) is 6.61 Å². The first-order chi connectivity index (χ1) is 11.8. The molecule has 25 heavy (non-hydrogen) atoms. The number of sulfonamides is 1. The summed E-state index contributed by atoms with van der Waals surface area (Å²) >= 11 is 6.14. The molecule has 1 N–H and O–H groups in total. The summed E-state index contributed by atoms with van der Waals surface area (Å²) in [7, 11) is -3.71. The fraction of sp³-hybridized carbons (Fsp3) is 0.278. The Morgan fingerprint density at radius 3 is 2.60 bits per heavy atom. The molecule has 7 heteroatoms. The Morgan fingerprint density at radius 2 is 1.96 bits per heavy atom. The van der Waals surface area contributed by atoms with Crippen LogP contribution in [0, 0.1) is 13.8 Å². The molecular formula is C18H21ClN2O3S. The topological polar surface area (TPSA) is 67.8 Å². The molecular weight excluding hydrogens is 360 g/mol. The lowest BCUT2D eigenvalue weighted by Crippen LogP contribution is -2.19. The third kappa shape index (κ3) is 5.21. The fourth-order valence-corrected chi connectivity index (χ4v) is 3.51. The Hall–Kier alpha value is -2.05. The van der Waals surface area contributed by atoms with Crippen LogP contribution in [0.15, 0.2) is 46.4 Å². The van der Waals surface area contributed by atoms with Crippen LogP contribution in [-0.2, 0) is 10.0 Å². The summed E-state index contributed by atoms with van der Waals surface area (Å²) in [4.78, 5) is 2.42. The number of hydrazone groups is 1. The number of halogens is 1. The van der Waals surface area contributed by atoms with Crippen LogP contribution >= 0.6 is 11.6 Å². The molecule has 0 fully saturated rings. The fourth-order valence-electron chi connectivity index (χ4n) is 2.25. The molecule has 0 aliphatic carbocycles. The predicted molar refractivity (Wildman–Crippen MR) is 101 cm³/mol. The highest BCUT2D eigenvalue weighted by Crippen LogP contribution is 2.25. The molecule has 0 saturated carbocycles. The van der Waals surface area contributed by atoms with E-state index in [0.29, 0.717) is 28.5 Å². The van der Waals surface area contributed by atoms with E-state index in [2.05, 4.69) is 9.93 Å². The van der Waals surface area contributed by atoms with Crippen molar-refractivity contribution >= 4 is 27.8 Å². The molecule has 0 heterocycles. The Bertz CT molecular complexity index is 880. The average Bonchev–Trinajstić information content (AvgIpc) is 2.53. The van der Waals surface area contributed by atoms with Crippen molar-refractivity contribution in [3.63, 3.8) is 0 Å². The van der Waals surface area contributed by atoms with Crippen LogP contribution in [0.3, 0.4) is 0 Å². The summed E-state index contributed by atoms with van der Waals surface area (Å²) in [6.45, 7) is 6.26. The number of benzene rings is 2. The highest BCUT2D eigenvalue weighted by atomic mass is 35.5. The lowest BCUT2D eigenvalue weighted by molar-refractivity contribution is 0.317. The van der Waals surface area contributed by atoms with Crippen LogP contribution in [0.1, 0.15) is 30.0 Å². The molecule has 5 nitrogen and oxygen atoms in total. The zero-order chi connectivity index (χ0) is 18.4. The van der Waals surface area contributed by atoms with Gasteiger partial charge in [0.15, 0.2) is 0 Å². The average molecular weight is 381 g/mol. The van der Waals surface area contributed by atoms with Gasteiger partial charge in [0.1, 0.15) is 5.75 Å². The maximum absolute atomic E-state index is 12.3. The normalized spacial score (nSPS) is 11.7. The Labute approximate surface area is 153 Å². The van der Waals surface area contributed by atoms with Crippen molar-refractivity contribution in [1.29, 1.82) is 0 Å². The second-order valence-corrected chi connectivity index (χ2v) is 7.70. The van der Waals surface area contributed by atoms with Crippen molar-refractivity contribution in [1.82, 2.24) is 4.83 Å². The molecule has 2 aromatic carbocycles. The van der Waals surface area contributed by atoms with Crippen LogP contribution in [0.4, 0.5) is 0 Å². The van der Waals surface area contributed by atoms with Gasteiger partial charge in [-0.2, -0.15) is 13.5 Å². The summed E-state index contributed by atoms with van der Waals surface area (Å²) in [5.74, 6) is 0.594. The van der Waals surface area contributed by atoms with Gasteiger partial charge in [0, 0.05) is 0 Å². The van der Waals surface area contributed by atoms with Gasteiger partial charge in [0.2, 0.25) is 0 Å². The largest absolute Gasteiger partial charge is 0.492 e. The number of aryl methyl sites for hydroxylation is 2. The first kappa shape index (κ1) is 19.3. The van der Waals surface area contributed by atoms with Crippen LogP contribution in [0.25, 0.3) is 0 Å². The molecule has 0 bridgehead atoms. The number of rotatable bonds is 7. The molecule has 0 atom stereocenters. The van der Waals surface area contributed by atoms with Crippen LogP contribution in [-0.4, -0.2) is 21.2 Å². The predicted octanol–water partition coefficient (Wildman–Crippen LogP) is 4.06. The summed E-state index contributed by atoms with van der Waals surface area (Å²) in [6.07, 6.45) is 2.29. The van der Waals surface area contributed by atoms with Gasteiger partial charge in [0.05, 0.1) is 22.7 Å². The van der Waals surface area contributed by atoms with E-state index in [1.165, 1.54) is 6.21 Å². The third-order valence-corrected chi connectivity index (χ3v) is 5.10. The van der Waals surface area contributed by atoms with Gasteiger partial charge < -0.3 is 4.74 Å². The Balaban J connectivity index is 2.10. The first-order valence-electron chi connectivity index (χ1n) is 7.88. The lowest BCUT2D eigenvalue weighted by atomic mass is 10.2. The summed E-state index contributed by atoms with van der Waals surface area (Å²) < 4.78 is 30.1. The molecule has 134 valence electrons. The lowest BCUT2D eigenvalue weighted by Gasteiger charge is -2.08. The van der Waals surface area contributed by atoms with E-state index >= 15 is 0 Å². The second-order valence-electron chi connectivity index (χ2n) is 5.66. The third-order valence-electron chi connectivity index (χ3n) is 3.42. The summed E-state index contributed by atoms with van der Waals surface area (Å²) in [5, 5.41) is 4.28.